The van der Waals surface area contributed by atoms with Crippen LogP contribution < -0.4 is 0 Å². The number of aliphatic hydroxyl groups is 1. The van der Waals surface area contributed by atoms with Gasteiger partial charge in [0.2, 0.25) is 0 Å². The first kappa shape index (κ1) is 11.5. The molecule has 0 unspecified atom stereocenters. The molecule has 1 aliphatic heterocycles. The molecule has 1 amide bonds. The van der Waals surface area contributed by atoms with E-state index in [-0.39, 0.29) is 5.91 Å². The number of aromatic nitrogens is 1. The van der Waals surface area contributed by atoms with Gasteiger partial charge in [-0.3, -0.25) is 4.79 Å². The second-order valence-electron chi connectivity index (χ2n) is 4.88. The van der Waals surface area contributed by atoms with Gasteiger partial charge >= 0.3 is 0 Å². The Labute approximate surface area is 109 Å². The Kier molecular flexibility index (Phi) is 2.53. The number of thiophene rings is 1. The molecule has 0 saturated carbocycles. The number of rotatable bonds is 2. The summed E-state index contributed by atoms with van der Waals surface area (Å²) in [5.41, 5.74) is 0.183. The molecule has 5 heteroatoms. The van der Waals surface area contributed by atoms with Crippen molar-refractivity contribution in [2.24, 2.45) is 0 Å². The minimum Gasteiger partial charge on any atom is -0.386 e. The first-order chi connectivity index (χ1) is 8.57. The molecule has 2 aromatic heterocycles. The number of hydrogen-bond donors (Lipinski definition) is 1. The van der Waals surface area contributed by atoms with E-state index in [0.717, 1.165) is 10.6 Å². The zero-order valence-electron chi connectivity index (χ0n) is 10.0. The van der Waals surface area contributed by atoms with Crippen molar-refractivity contribution in [2.45, 2.75) is 12.5 Å². The highest BCUT2D eigenvalue weighted by molar-refractivity contribution is 7.12. The Morgan fingerprint density at radius 2 is 2.06 bits per heavy atom. The molecule has 0 radical (unpaired) electrons. The maximum atomic E-state index is 12.3. The Morgan fingerprint density at radius 3 is 2.67 bits per heavy atom. The van der Waals surface area contributed by atoms with Crippen molar-refractivity contribution >= 4 is 17.2 Å². The highest BCUT2D eigenvalue weighted by Gasteiger charge is 2.40. The molecule has 4 nitrogen and oxygen atoms in total. The highest BCUT2D eigenvalue weighted by Crippen LogP contribution is 2.27. The summed E-state index contributed by atoms with van der Waals surface area (Å²) in [6.45, 7) is 2.57. The molecule has 18 heavy (non-hydrogen) atoms. The third kappa shape index (κ3) is 1.85. The minimum atomic E-state index is -0.722. The monoisotopic (exact) mass is 262 g/mol. The number of carbonyl (C=O) groups excluding carboxylic acids is 1. The summed E-state index contributed by atoms with van der Waals surface area (Å²) in [7, 11) is 0. The number of nitrogens with zero attached hydrogens (tertiary/aromatic N) is 2. The number of amides is 1. The van der Waals surface area contributed by atoms with Crippen molar-refractivity contribution in [2.75, 3.05) is 13.1 Å². The molecule has 0 bridgehead atoms. The van der Waals surface area contributed by atoms with E-state index >= 15 is 0 Å². The molecule has 0 atom stereocenters. The second-order valence-corrected chi connectivity index (χ2v) is 5.80. The average molecular weight is 262 g/mol. The molecular weight excluding hydrogens is 248 g/mol. The van der Waals surface area contributed by atoms with E-state index in [1.165, 1.54) is 11.3 Å². The van der Waals surface area contributed by atoms with Crippen molar-refractivity contribution in [3.05, 3.63) is 40.8 Å². The summed E-state index contributed by atoms with van der Waals surface area (Å²) in [5.74, 6) is 0.000208. The molecule has 1 N–H and O–H groups in total. The van der Waals surface area contributed by atoms with E-state index in [0.29, 0.717) is 13.1 Å². The molecule has 3 rings (SSSR count). The molecule has 1 fully saturated rings. The summed E-state index contributed by atoms with van der Waals surface area (Å²) >= 11 is 1.44. The van der Waals surface area contributed by atoms with Gasteiger partial charge in [-0.05, 0) is 30.5 Å². The van der Waals surface area contributed by atoms with E-state index in [4.69, 9.17) is 0 Å². The predicted molar refractivity (Wildman–Crippen MR) is 70.2 cm³/mol. The van der Waals surface area contributed by atoms with Crippen LogP contribution >= 0.6 is 11.3 Å². The lowest BCUT2D eigenvalue weighted by atomic mass is 9.97. The molecule has 1 aliphatic rings. The highest BCUT2D eigenvalue weighted by atomic mass is 32.1. The van der Waals surface area contributed by atoms with Crippen molar-refractivity contribution in [3.63, 3.8) is 0 Å². The van der Waals surface area contributed by atoms with Crippen LogP contribution in [0.25, 0.3) is 5.69 Å². The van der Waals surface area contributed by atoms with Crippen LogP contribution in [0.15, 0.2) is 36.0 Å². The van der Waals surface area contributed by atoms with Crippen molar-refractivity contribution in [1.29, 1.82) is 0 Å². The van der Waals surface area contributed by atoms with E-state index in [1.807, 2.05) is 40.5 Å². The van der Waals surface area contributed by atoms with Gasteiger partial charge in [-0.1, -0.05) is 0 Å². The third-order valence-corrected chi connectivity index (χ3v) is 3.96. The van der Waals surface area contributed by atoms with E-state index in [2.05, 4.69) is 0 Å². The van der Waals surface area contributed by atoms with E-state index in [1.54, 1.807) is 11.8 Å². The zero-order valence-corrected chi connectivity index (χ0v) is 10.9. The molecule has 0 aromatic carbocycles. The first-order valence-electron chi connectivity index (χ1n) is 5.79. The van der Waals surface area contributed by atoms with Crippen LogP contribution in [-0.2, 0) is 0 Å². The Balaban J connectivity index is 1.86. The van der Waals surface area contributed by atoms with Gasteiger partial charge in [0.1, 0.15) is 4.88 Å². The number of carbonyl (C=O) groups is 1. The fourth-order valence-electron chi connectivity index (χ4n) is 2.22. The van der Waals surface area contributed by atoms with Gasteiger partial charge in [-0.25, -0.2) is 0 Å². The summed E-state index contributed by atoms with van der Waals surface area (Å²) < 4.78 is 1.93. The van der Waals surface area contributed by atoms with Crippen LogP contribution in [-0.4, -0.2) is 39.2 Å². The van der Waals surface area contributed by atoms with Gasteiger partial charge in [0.25, 0.3) is 5.91 Å². The molecule has 94 valence electrons. The SMILES string of the molecule is CC1(O)CN(C(=O)c2sccc2-n2cccc2)C1. The molecule has 3 heterocycles. The first-order valence-corrected chi connectivity index (χ1v) is 6.67. The molecule has 1 saturated heterocycles. The van der Waals surface area contributed by atoms with E-state index < -0.39 is 5.60 Å². The molecular formula is C13H14N2O2S. The predicted octanol–water partition coefficient (Wildman–Crippen LogP) is 1.75. The fourth-order valence-corrected chi connectivity index (χ4v) is 3.08. The largest absolute Gasteiger partial charge is 0.386 e. The molecule has 0 spiro atoms. The van der Waals surface area contributed by atoms with Crippen LogP contribution in [0.4, 0.5) is 0 Å². The van der Waals surface area contributed by atoms with Crippen LogP contribution in [0, 0.1) is 0 Å². The second kappa shape index (κ2) is 3.96. The van der Waals surface area contributed by atoms with Gasteiger partial charge < -0.3 is 14.6 Å². The minimum absolute atomic E-state index is 0.000208. The smallest absolute Gasteiger partial charge is 0.266 e. The summed E-state index contributed by atoms with van der Waals surface area (Å²) in [4.78, 5) is 14.7. The lowest BCUT2D eigenvalue weighted by molar-refractivity contribution is -0.0667. The zero-order chi connectivity index (χ0) is 12.8. The summed E-state index contributed by atoms with van der Waals surface area (Å²) in [6.07, 6.45) is 3.84. The van der Waals surface area contributed by atoms with E-state index in [9.17, 15) is 9.90 Å². The summed E-state index contributed by atoms with van der Waals surface area (Å²) in [5, 5.41) is 11.6. The molecule has 0 aliphatic carbocycles. The van der Waals surface area contributed by atoms with Gasteiger partial charge in [-0.15, -0.1) is 11.3 Å². The fraction of sp³-hybridized carbons (Fsp3) is 0.308. The quantitative estimate of drug-likeness (QED) is 0.896. The Morgan fingerprint density at radius 1 is 1.39 bits per heavy atom. The van der Waals surface area contributed by atoms with Crippen molar-refractivity contribution in [3.8, 4) is 5.69 Å². The van der Waals surface area contributed by atoms with Gasteiger partial charge in [0, 0.05) is 12.4 Å². The molecule has 2 aromatic rings. The van der Waals surface area contributed by atoms with Gasteiger partial charge in [-0.2, -0.15) is 0 Å². The maximum Gasteiger partial charge on any atom is 0.266 e. The van der Waals surface area contributed by atoms with Crippen LogP contribution in [0.2, 0.25) is 0 Å². The van der Waals surface area contributed by atoms with Crippen molar-refractivity contribution < 1.29 is 9.90 Å². The number of hydrogen-bond acceptors (Lipinski definition) is 3. The summed E-state index contributed by atoms with van der Waals surface area (Å²) in [6, 6.07) is 5.80. The van der Waals surface area contributed by atoms with Crippen LogP contribution in [0.3, 0.4) is 0 Å². The maximum absolute atomic E-state index is 12.3. The lowest BCUT2D eigenvalue weighted by Gasteiger charge is -2.44. The normalized spacial score (nSPS) is 17.6. The Bertz CT molecular complexity index is 564. The van der Waals surface area contributed by atoms with Crippen molar-refractivity contribution in [1.82, 2.24) is 9.47 Å². The Hall–Kier alpha value is -1.59. The number of likely N-dealkylation sites (tertiary alicyclic amines) is 1. The lowest BCUT2D eigenvalue weighted by Crippen LogP contribution is -2.61. The number of β-amino-alcohol motifs (C(OH)–C–C–N with tert-alkyl or cyclic N) is 1. The van der Waals surface area contributed by atoms with Gasteiger partial charge in [0.05, 0.1) is 24.4 Å². The average Bonchev–Trinajstić information content (AvgIpc) is 2.94. The third-order valence-electron chi connectivity index (χ3n) is 3.07. The topological polar surface area (TPSA) is 45.5 Å². The van der Waals surface area contributed by atoms with Crippen LogP contribution in [0.5, 0.6) is 0 Å². The van der Waals surface area contributed by atoms with Gasteiger partial charge in [0.15, 0.2) is 0 Å². The van der Waals surface area contributed by atoms with Crippen LogP contribution in [0.1, 0.15) is 16.6 Å². The standard InChI is InChI=1S/C13H14N2O2S/c1-13(17)8-15(9-13)12(16)11-10(4-7-18-11)14-5-2-3-6-14/h2-7,17H,8-9H2,1H3.